The number of aryl methyl sites for hydroxylation is 1. The minimum atomic E-state index is -0.258. The van der Waals surface area contributed by atoms with Gasteiger partial charge in [-0.15, -0.1) is 16.6 Å². The Bertz CT molecular complexity index is 699. The number of nitrogens with zero attached hydrogens (tertiary/aromatic N) is 5. The lowest BCUT2D eigenvalue weighted by Crippen LogP contribution is -2.24. The summed E-state index contributed by atoms with van der Waals surface area (Å²) in [7, 11) is 1.88. The summed E-state index contributed by atoms with van der Waals surface area (Å²) in [5, 5.41) is 14.9. The van der Waals surface area contributed by atoms with Crippen LogP contribution in [0.15, 0.2) is 21.8 Å². The van der Waals surface area contributed by atoms with Gasteiger partial charge in [0, 0.05) is 20.0 Å². The summed E-state index contributed by atoms with van der Waals surface area (Å²) in [5.74, 6) is 3.24. The molecule has 0 saturated heterocycles. The topological polar surface area (TPSA) is 77.6 Å². The van der Waals surface area contributed by atoms with Crippen LogP contribution in [0.1, 0.15) is 5.82 Å². The summed E-state index contributed by atoms with van der Waals surface area (Å²) in [6.07, 6.45) is 9.08. The van der Waals surface area contributed by atoms with Crippen molar-refractivity contribution < 1.29 is 0 Å². The zero-order valence-electron chi connectivity index (χ0n) is 10.9. The van der Waals surface area contributed by atoms with Gasteiger partial charge in [0.05, 0.1) is 11.9 Å². The third-order valence-corrected chi connectivity index (χ3v) is 3.46. The van der Waals surface area contributed by atoms with Gasteiger partial charge in [-0.1, -0.05) is 5.92 Å². The third kappa shape index (κ3) is 3.05. The number of nitrogens with one attached hydrogen (secondary N) is 1. The van der Waals surface area contributed by atoms with Crippen molar-refractivity contribution in [2.45, 2.75) is 13.0 Å². The maximum atomic E-state index is 11.9. The first kappa shape index (κ1) is 14.3. The Morgan fingerprint density at radius 1 is 1.55 bits per heavy atom. The lowest BCUT2D eigenvalue weighted by atomic mass is 10.3. The van der Waals surface area contributed by atoms with E-state index in [9.17, 15) is 4.79 Å². The summed E-state index contributed by atoms with van der Waals surface area (Å²) in [6, 6.07) is 0. The molecule has 1 N–H and O–H groups in total. The van der Waals surface area contributed by atoms with Crippen LogP contribution in [-0.4, -0.2) is 31.1 Å². The Balaban J connectivity index is 2.04. The molecule has 0 unspecified atom stereocenters. The zero-order chi connectivity index (χ0) is 14.5. The van der Waals surface area contributed by atoms with Gasteiger partial charge in [0.15, 0.2) is 0 Å². The van der Waals surface area contributed by atoms with Gasteiger partial charge in [0.25, 0.3) is 5.56 Å². The molecule has 0 amide bonds. The van der Waals surface area contributed by atoms with E-state index >= 15 is 0 Å². The molecule has 0 aliphatic heterocycles. The Kier molecular flexibility index (Phi) is 4.53. The Labute approximate surface area is 124 Å². The molecule has 7 nitrogen and oxygen atoms in total. The quantitative estimate of drug-likeness (QED) is 0.801. The van der Waals surface area contributed by atoms with Crippen molar-refractivity contribution in [3.8, 4) is 12.3 Å². The number of hydrogen-bond acceptors (Lipinski definition) is 5. The highest BCUT2D eigenvalue weighted by molar-refractivity contribution is 9.10. The molecule has 104 valence electrons. The fourth-order valence-corrected chi connectivity index (χ4v) is 2.08. The molecule has 0 fully saturated rings. The SMILES string of the molecule is C#CCn1ncc(NCCc2nncn2C)c(Br)c1=O. The fraction of sp³-hybridized carbons (Fsp3) is 0.333. The van der Waals surface area contributed by atoms with Gasteiger partial charge in [0.1, 0.15) is 23.2 Å². The van der Waals surface area contributed by atoms with Crippen molar-refractivity contribution >= 4 is 21.6 Å². The molecule has 8 heteroatoms. The lowest BCUT2D eigenvalue weighted by molar-refractivity contribution is 0.659. The molecule has 0 aliphatic carbocycles. The van der Waals surface area contributed by atoms with Crippen LogP contribution in [-0.2, 0) is 20.0 Å². The number of rotatable bonds is 5. The second-order valence-corrected chi connectivity index (χ2v) is 4.87. The number of aromatic nitrogens is 5. The van der Waals surface area contributed by atoms with E-state index in [1.54, 1.807) is 12.5 Å². The Hall–Kier alpha value is -2.14. The maximum Gasteiger partial charge on any atom is 0.284 e. The Morgan fingerprint density at radius 3 is 3.00 bits per heavy atom. The first-order valence-electron chi connectivity index (χ1n) is 5.89. The molecule has 2 rings (SSSR count). The van der Waals surface area contributed by atoms with E-state index in [-0.39, 0.29) is 12.1 Å². The number of terminal acetylenes is 1. The summed E-state index contributed by atoms with van der Waals surface area (Å²) >= 11 is 3.26. The predicted molar refractivity (Wildman–Crippen MR) is 78.2 cm³/mol. The lowest BCUT2D eigenvalue weighted by Gasteiger charge is -2.09. The summed E-state index contributed by atoms with van der Waals surface area (Å²) in [6.45, 7) is 0.766. The van der Waals surface area contributed by atoms with Crippen molar-refractivity contribution in [3.63, 3.8) is 0 Å². The van der Waals surface area contributed by atoms with Gasteiger partial charge in [0.2, 0.25) is 0 Å². The molecule has 20 heavy (non-hydrogen) atoms. The number of halogens is 1. The molecule has 0 spiro atoms. The van der Waals surface area contributed by atoms with Gasteiger partial charge in [-0.3, -0.25) is 4.79 Å². The van der Waals surface area contributed by atoms with Crippen molar-refractivity contribution in [1.82, 2.24) is 24.5 Å². The summed E-state index contributed by atoms with van der Waals surface area (Å²) in [4.78, 5) is 11.9. The smallest absolute Gasteiger partial charge is 0.284 e. The van der Waals surface area contributed by atoms with Crippen LogP contribution in [0, 0.1) is 12.3 Å². The highest BCUT2D eigenvalue weighted by Crippen LogP contribution is 2.15. The van der Waals surface area contributed by atoms with Crippen molar-refractivity contribution in [3.05, 3.63) is 33.2 Å². The van der Waals surface area contributed by atoms with Crippen molar-refractivity contribution in [2.75, 3.05) is 11.9 Å². The predicted octanol–water partition coefficient (Wildman–Crippen LogP) is 0.422. The maximum absolute atomic E-state index is 11.9. The monoisotopic (exact) mass is 336 g/mol. The van der Waals surface area contributed by atoms with E-state index in [4.69, 9.17) is 6.42 Å². The van der Waals surface area contributed by atoms with Gasteiger partial charge in [-0.2, -0.15) is 5.10 Å². The average molecular weight is 337 g/mol. The molecule has 2 aromatic heterocycles. The van der Waals surface area contributed by atoms with Crippen LogP contribution in [0.3, 0.4) is 0 Å². The molecule has 0 radical (unpaired) electrons. The van der Waals surface area contributed by atoms with Gasteiger partial charge >= 0.3 is 0 Å². The first-order valence-corrected chi connectivity index (χ1v) is 6.68. The third-order valence-electron chi connectivity index (χ3n) is 2.70. The van der Waals surface area contributed by atoms with Gasteiger partial charge in [-0.05, 0) is 15.9 Å². The van der Waals surface area contributed by atoms with E-state index < -0.39 is 0 Å². The number of anilines is 1. The highest BCUT2D eigenvalue weighted by Gasteiger charge is 2.08. The second-order valence-electron chi connectivity index (χ2n) is 4.07. The van der Waals surface area contributed by atoms with Crippen LogP contribution < -0.4 is 10.9 Å². The van der Waals surface area contributed by atoms with E-state index in [1.807, 2.05) is 11.6 Å². The molecular formula is C12H13BrN6O. The zero-order valence-corrected chi connectivity index (χ0v) is 12.5. The van der Waals surface area contributed by atoms with Crippen LogP contribution in [0.4, 0.5) is 5.69 Å². The van der Waals surface area contributed by atoms with E-state index in [2.05, 4.69) is 42.5 Å². The molecule has 0 bridgehead atoms. The van der Waals surface area contributed by atoms with E-state index in [1.165, 1.54) is 4.68 Å². The number of hydrogen-bond donors (Lipinski definition) is 1. The molecule has 0 aliphatic rings. The van der Waals surface area contributed by atoms with Crippen LogP contribution in [0.5, 0.6) is 0 Å². The van der Waals surface area contributed by atoms with Crippen LogP contribution in [0.2, 0.25) is 0 Å². The molecule has 0 atom stereocenters. The van der Waals surface area contributed by atoms with Gasteiger partial charge in [-0.25, -0.2) is 4.68 Å². The molecule has 0 aromatic carbocycles. The van der Waals surface area contributed by atoms with E-state index in [0.717, 1.165) is 5.82 Å². The largest absolute Gasteiger partial charge is 0.382 e. The average Bonchev–Trinajstić information content (AvgIpc) is 2.84. The summed E-state index contributed by atoms with van der Waals surface area (Å²) in [5.41, 5.74) is 0.372. The van der Waals surface area contributed by atoms with Crippen molar-refractivity contribution in [1.29, 1.82) is 0 Å². The summed E-state index contributed by atoms with van der Waals surface area (Å²) < 4.78 is 3.48. The van der Waals surface area contributed by atoms with Crippen LogP contribution in [0.25, 0.3) is 0 Å². The highest BCUT2D eigenvalue weighted by atomic mass is 79.9. The molecule has 0 saturated carbocycles. The van der Waals surface area contributed by atoms with Crippen LogP contribution >= 0.6 is 15.9 Å². The fourth-order valence-electron chi connectivity index (χ4n) is 1.63. The Morgan fingerprint density at radius 2 is 2.35 bits per heavy atom. The molecule has 2 aromatic rings. The van der Waals surface area contributed by atoms with E-state index in [0.29, 0.717) is 23.1 Å². The standard InChI is InChI=1S/C12H13BrN6O/c1-3-6-19-12(20)11(13)9(7-16-19)14-5-4-10-17-15-8-18(10)2/h1,7-8,14H,4-6H2,2H3. The second kappa shape index (κ2) is 6.34. The minimum Gasteiger partial charge on any atom is -0.382 e. The van der Waals surface area contributed by atoms with Gasteiger partial charge < -0.3 is 9.88 Å². The molecule has 2 heterocycles. The normalized spacial score (nSPS) is 10.2. The minimum absolute atomic E-state index is 0.149. The first-order chi connectivity index (χ1) is 9.63. The van der Waals surface area contributed by atoms with Crippen molar-refractivity contribution in [2.24, 2.45) is 7.05 Å². The molecular weight excluding hydrogens is 324 g/mol.